The van der Waals surface area contributed by atoms with E-state index in [4.69, 9.17) is 0 Å². The Kier molecular flexibility index (Phi) is 4.70. The predicted octanol–water partition coefficient (Wildman–Crippen LogP) is 2.49. The van der Waals surface area contributed by atoms with Gasteiger partial charge >= 0.3 is 5.97 Å². The summed E-state index contributed by atoms with van der Waals surface area (Å²) in [6.07, 6.45) is 0.447. The van der Waals surface area contributed by atoms with Crippen LogP contribution in [0.15, 0.2) is 29.2 Å². The Morgan fingerprint density at radius 1 is 1.40 bits per heavy atom. The molecule has 1 amide bonds. The fourth-order valence-electron chi connectivity index (χ4n) is 2.34. The average Bonchev–Trinajstić information content (AvgIpc) is 2.81. The Hall–Kier alpha value is -1.49. The third-order valence-electron chi connectivity index (χ3n) is 3.34. The second-order valence-corrected chi connectivity index (χ2v) is 6.49. The van der Waals surface area contributed by atoms with E-state index in [1.807, 2.05) is 38.1 Å². The molecule has 2 atom stereocenters. The zero-order chi connectivity index (χ0) is 14.7. The standard InChI is InChI=1S/C15H19NO3S/c1-9(2)7-12(15(18)19)16-14(17)11-8-20-13-6-4-3-5-10(11)13/h3-6,9,11-12H,7-8H2,1-2H3,(H,16,17)(H,18,19)/t11?,12-/m1/s1. The molecule has 1 aliphatic heterocycles. The van der Waals surface area contributed by atoms with Crippen LogP contribution in [0, 0.1) is 5.92 Å². The average molecular weight is 293 g/mol. The first-order valence-corrected chi connectivity index (χ1v) is 7.72. The molecule has 1 unspecified atom stereocenters. The third kappa shape index (κ3) is 3.33. The molecule has 0 aromatic heterocycles. The number of carboxylic acids is 1. The number of thioether (sulfide) groups is 1. The third-order valence-corrected chi connectivity index (χ3v) is 4.52. The fourth-order valence-corrected chi connectivity index (χ4v) is 3.57. The summed E-state index contributed by atoms with van der Waals surface area (Å²) >= 11 is 1.65. The SMILES string of the molecule is CC(C)C[C@@H](NC(=O)C1CSc2ccccc21)C(=O)O. The number of benzene rings is 1. The maximum Gasteiger partial charge on any atom is 0.326 e. The van der Waals surface area contributed by atoms with E-state index in [0.717, 1.165) is 10.5 Å². The summed E-state index contributed by atoms with van der Waals surface area (Å²) in [6.45, 7) is 3.89. The second-order valence-electron chi connectivity index (χ2n) is 5.43. The van der Waals surface area contributed by atoms with Gasteiger partial charge in [0.25, 0.3) is 0 Å². The van der Waals surface area contributed by atoms with Gasteiger partial charge in [0, 0.05) is 10.6 Å². The molecule has 1 heterocycles. The zero-order valence-corrected chi connectivity index (χ0v) is 12.4. The van der Waals surface area contributed by atoms with E-state index in [1.54, 1.807) is 11.8 Å². The van der Waals surface area contributed by atoms with Crippen molar-refractivity contribution in [1.82, 2.24) is 5.32 Å². The Morgan fingerprint density at radius 2 is 2.10 bits per heavy atom. The first-order valence-electron chi connectivity index (χ1n) is 6.74. The molecule has 2 rings (SSSR count). The van der Waals surface area contributed by atoms with Crippen LogP contribution in [0.2, 0.25) is 0 Å². The van der Waals surface area contributed by atoms with E-state index in [1.165, 1.54) is 0 Å². The van der Waals surface area contributed by atoms with E-state index in [2.05, 4.69) is 5.32 Å². The van der Waals surface area contributed by atoms with Crippen molar-refractivity contribution in [2.45, 2.75) is 37.1 Å². The fraction of sp³-hybridized carbons (Fsp3) is 0.467. The van der Waals surface area contributed by atoms with Crippen LogP contribution in [0.25, 0.3) is 0 Å². The summed E-state index contributed by atoms with van der Waals surface area (Å²) in [5.74, 6) is -0.493. The van der Waals surface area contributed by atoms with Crippen molar-refractivity contribution in [1.29, 1.82) is 0 Å². The minimum Gasteiger partial charge on any atom is -0.480 e. The Labute approximate surface area is 123 Å². The maximum atomic E-state index is 12.3. The number of aliphatic carboxylic acids is 1. The van der Waals surface area contributed by atoms with E-state index >= 15 is 0 Å². The molecule has 0 saturated heterocycles. The molecular weight excluding hydrogens is 274 g/mol. The van der Waals surface area contributed by atoms with Gasteiger partial charge < -0.3 is 10.4 Å². The summed E-state index contributed by atoms with van der Waals surface area (Å²) in [7, 11) is 0. The molecule has 1 aromatic rings. The number of fused-ring (bicyclic) bond motifs is 1. The van der Waals surface area contributed by atoms with E-state index < -0.39 is 12.0 Å². The normalized spacial score (nSPS) is 18.6. The lowest BCUT2D eigenvalue weighted by Crippen LogP contribution is -2.43. The quantitative estimate of drug-likeness (QED) is 0.875. The number of amides is 1. The van der Waals surface area contributed by atoms with Gasteiger partial charge in [-0.15, -0.1) is 11.8 Å². The summed E-state index contributed by atoms with van der Waals surface area (Å²) in [5.41, 5.74) is 1.00. The zero-order valence-electron chi connectivity index (χ0n) is 11.6. The van der Waals surface area contributed by atoms with Crippen LogP contribution >= 0.6 is 11.8 Å². The predicted molar refractivity (Wildman–Crippen MR) is 78.9 cm³/mol. The van der Waals surface area contributed by atoms with Gasteiger partial charge in [-0.1, -0.05) is 32.0 Å². The molecule has 0 spiro atoms. The molecule has 0 bridgehead atoms. The Morgan fingerprint density at radius 3 is 2.75 bits per heavy atom. The topological polar surface area (TPSA) is 66.4 Å². The highest BCUT2D eigenvalue weighted by molar-refractivity contribution is 7.99. The molecule has 20 heavy (non-hydrogen) atoms. The number of rotatable bonds is 5. The molecule has 0 aliphatic carbocycles. The highest BCUT2D eigenvalue weighted by atomic mass is 32.2. The summed E-state index contributed by atoms with van der Waals surface area (Å²) < 4.78 is 0. The number of carbonyl (C=O) groups excluding carboxylic acids is 1. The molecule has 108 valence electrons. The largest absolute Gasteiger partial charge is 0.480 e. The number of hydrogen-bond acceptors (Lipinski definition) is 3. The van der Waals surface area contributed by atoms with Gasteiger partial charge in [0.05, 0.1) is 5.92 Å². The number of hydrogen-bond donors (Lipinski definition) is 2. The van der Waals surface area contributed by atoms with E-state index in [-0.39, 0.29) is 17.7 Å². The molecule has 1 aliphatic rings. The van der Waals surface area contributed by atoms with Crippen LogP contribution in [0.1, 0.15) is 31.7 Å². The van der Waals surface area contributed by atoms with Crippen LogP contribution < -0.4 is 5.32 Å². The van der Waals surface area contributed by atoms with Crippen LogP contribution in [-0.2, 0) is 9.59 Å². The summed E-state index contributed by atoms with van der Waals surface area (Å²) in [4.78, 5) is 24.6. The van der Waals surface area contributed by atoms with Gasteiger partial charge in [-0.25, -0.2) is 4.79 Å². The smallest absolute Gasteiger partial charge is 0.326 e. The van der Waals surface area contributed by atoms with Gasteiger partial charge in [0.1, 0.15) is 6.04 Å². The molecule has 0 radical (unpaired) electrons. The molecular formula is C15H19NO3S. The lowest BCUT2D eigenvalue weighted by Gasteiger charge is -2.19. The van der Waals surface area contributed by atoms with Crippen molar-refractivity contribution in [3.8, 4) is 0 Å². The molecule has 4 nitrogen and oxygen atoms in total. The minimum atomic E-state index is -0.967. The first kappa shape index (κ1) is 14.9. The van der Waals surface area contributed by atoms with Gasteiger partial charge in [-0.05, 0) is 24.0 Å². The summed E-state index contributed by atoms with van der Waals surface area (Å²) in [6, 6.07) is 6.99. The minimum absolute atomic E-state index is 0.185. The van der Waals surface area contributed by atoms with Crippen LogP contribution in [0.5, 0.6) is 0 Å². The Bertz CT molecular complexity index is 516. The van der Waals surface area contributed by atoms with Gasteiger partial charge in [-0.2, -0.15) is 0 Å². The van der Waals surface area contributed by atoms with Crippen LogP contribution in [0.3, 0.4) is 0 Å². The number of carboxylic acid groups (broad SMARTS) is 1. The highest BCUT2D eigenvalue weighted by Crippen LogP contribution is 2.39. The van der Waals surface area contributed by atoms with Crippen molar-refractivity contribution in [3.05, 3.63) is 29.8 Å². The maximum absolute atomic E-state index is 12.3. The molecule has 1 aromatic carbocycles. The molecule has 0 saturated carbocycles. The summed E-state index contributed by atoms with van der Waals surface area (Å²) in [5, 5.41) is 11.9. The van der Waals surface area contributed by atoms with Crippen molar-refractivity contribution < 1.29 is 14.7 Å². The van der Waals surface area contributed by atoms with Crippen LogP contribution in [-0.4, -0.2) is 28.8 Å². The number of nitrogens with one attached hydrogen (secondary N) is 1. The molecule has 0 fully saturated rings. The van der Waals surface area contributed by atoms with E-state index in [0.29, 0.717) is 12.2 Å². The van der Waals surface area contributed by atoms with Gasteiger partial charge in [0.15, 0.2) is 0 Å². The van der Waals surface area contributed by atoms with Gasteiger partial charge in [-0.3, -0.25) is 4.79 Å². The van der Waals surface area contributed by atoms with Crippen molar-refractivity contribution in [2.24, 2.45) is 5.92 Å². The molecule has 5 heteroatoms. The van der Waals surface area contributed by atoms with Crippen LogP contribution in [0.4, 0.5) is 0 Å². The lowest BCUT2D eigenvalue weighted by atomic mass is 9.98. The van der Waals surface area contributed by atoms with E-state index in [9.17, 15) is 14.7 Å². The monoisotopic (exact) mass is 293 g/mol. The molecule has 2 N–H and O–H groups in total. The number of carbonyl (C=O) groups is 2. The van der Waals surface area contributed by atoms with Crippen molar-refractivity contribution >= 4 is 23.6 Å². The second kappa shape index (κ2) is 6.31. The first-order chi connectivity index (χ1) is 9.49. The van der Waals surface area contributed by atoms with Crippen molar-refractivity contribution in [2.75, 3.05) is 5.75 Å². The van der Waals surface area contributed by atoms with Crippen molar-refractivity contribution in [3.63, 3.8) is 0 Å². The highest BCUT2D eigenvalue weighted by Gasteiger charge is 2.31. The Balaban J connectivity index is 2.07. The van der Waals surface area contributed by atoms with Gasteiger partial charge in [0.2, 0.25) is 5.91 Å². The lowest BCUT2D eigenvalue weighted by molar-refractivity contribution is -0.142.